The Morgan fingerprint density at radius 3 is 2.92 bits per heavy atom. The van der Waals surface area contributed by atoms with Crippen molar-refractivity contribution in [2.75, 3.05) is 32.1 Å². The highest BCUT2D eigenvalue weighted by molar-refractivity contribution is 5.50. The average molecular weight is 179 g/mol. The maximum absolute atomic E-state index is 4.11. The molecule has 0 atom stereocenters. The third-order valence-corrected chi connectivity index (χ3v) is 2.12. The van der Waals surface area contributed by atoms with Gasteiger partial charge in [0.2, 0.25) is 0 Å². The van der Waals surface area contributed by atoms with Crippen LogP contribution in [0.3, 0.4) is 0 Å². The zero-order valence-electron chi connectivity index (χ0n) is 8.54. The molecule has 1 aromatic rings. The van der Waals surface area contributed by atoms with Crippen LogP contribution in [-0.4, -0.2) is 32.2 Å². The predicted octanol–water partition coefficient (Wildman–Crippen LogP) is 1.05. The molecule has 0 unspecified atom stereocenters. The molecule has 0 radical (unpaired) electrons. The Kier molecular flexibility index (Phi) is 3.71. The van der Waals surface area contributed by atoms with E-state index in [1.807, 2.05) is 25.5 Å². The second-order valence-electron chi connectivity index (χ2n) is 3.19. The smallest absolute Gasteiger partial charge is 0.0580 e. The van der Waals surface area contributed by atoms with Crippen molar-refractivity contribution in [2.24, 2.45) is 0 Å². The normalized spacial score (nSPS) is 10.1. The summed E-state index contributed by atoms with van der Waals surface area (Å²) in [7, 11) is 4.05. The minimum absolute atomic E-state index is 0.991. The molecule has 0 aliphatic rings. The quantitative estimate of drug-likeness (QED) is 0.748. The van der Waals surface area contributed by atoms with Crippen LogP contribution in [-0.2, 0) is 0 Å². The first kappa shape index (κ1) is 9.99. The fourth-order valence-electron chi connectivity index (χ4n) is 1.26. The van der Waals surface area contributed by atoms with Gasteiger partial charge in [0.05, 0.1) is 11.9 Å². The van der Waals surface area contributed by atoms with E-state index in [0.29, 0.717) is 0 Å². The fraction of sp³-hybridized carbons (Fsp3) is 0.500. The first-order valence-corrected chi connectivity index (χ1v) is 4.52. The van der Waals surface area contributed by atoms with Crippen molar-refractivity contribution in [2.45, 2.75) is 6.92 Å². The summed E-state index contributed by atoms with van der Waals surface area (Å²) in [6.07, 6.45) is 3.73. The molecule has 0 saturated carbocycles. The van der Waals surface area contributed by atoms with Crippen molar-refractivity contribution in [3.8, 4) is 0 Å². The maximum atomic E-state index is 4.11. The molecule has 0 saturated heterocycles. The van der Waals surface area contributed by atoms with Crippen molar-refractivity contribution >= 4 is 5.69 Å². The van der Waals surface area contributed by atoms with E-state index in [1.54, 1.807) is 0 Å². The molecular formula is C10H17N3. The molecule has 1 rings (SSSR count). The van der Waals surface area contributed by atoms with Crippen molar-refractivity contribution in [3.63, 3.8) is 0 Å². The second-order valence-corrected chi connectivity index (χ2v) is 3.19. The Bertz CT molecular complexity index is 260. The van der Waals surface area contributed by atoms with Crippen molar-refractivity contribution in [1.82, 2.24) is 10.3 Å². The molecule has 3 heteroatoms. The molecule has 3 nitrogen and oxygen atoms in total. The number of hydrogen-bond donors (Lipinski definition) is 1. The minimum atomic E-state index is 0.991. The third kappa shape index (κ3) is 2.70. The summed E-state index contributed by atoms with van der Waals surface area (Å²) < 4.78 is 0. The average Bonchev–Trinajstić information content (AvgIpc) is 2.15. The molecule has 72 valence electrons. The van der Waals surface area contributed by atoms with E-state index in [2.05, 4.69) is 29.2 Å². The van der Waals surface area contributed by atoms with Crippen LogP contribution in [0.4, 0.5) is 5.69 Å². The van der Waals surface area contributed by atoms with Crippen molar-refractivity contribution < 1.29 is 0 Å². The standard InChI is InChI=1S/C10H17N3/c1-9-4-5-12-8-10(9)13(3)7-6-11-2/h4-5,8,11H,6-7H2,1-3H3. The zero-order chi connectivity index (χ0) is 9.68. The highest BCUT2D eigenvalue weighted by Gasteiger charge is 2.02. The van der Waals surface area contributed by atoms with Crippen molar-refractivity contribution in [1.29, 1.82) is 0 Å². The van der Waals surface area contributed by atoms with Crippen LogP contribution in [0.1, 0.15) is 5.56 Å². The van der Waals surface area contributed by atoms with E-state index < -0.39 is 0 Å². The fourth-order valence-corrected chi connectivity index (χ4v) is 1.26. The lowest BCUT2D eigenvalue weighted by Crippen LogP contribution is -2.27. The van der Waals surface area contributed by atoms with Crippen LogP contribution in [0, 0.1) is 6.92 Å². The molecule has 0 aliphatic carbocycles. The highest BCUT2D eigenvalue weighted by Crippen LogP contribution is 2.15. The summed E-state index contributed by atoms with van der Waals surface area (Å²) in [6.45, 7) is 4.10. The van der Waals surface area contributed by atoms with Crippen LogP contribution >= 0.6 is 0 Å². The molecule has 13 heavy (non-hydrogen) atoms. The number of likely N-dealkylation sites (N-methyl/N-ethyl adjacent to an activating group) is 2. The van der Waals surface area contributed by atoms with E-state index in [-0.39, 0.29) is 0 Å². The lowest BCUT2D eigenvalue weighted by molar-refractivity contribution is 0.765. The van der Waals surface area contributed by atoms with Gasteiger partial charge < -0.3 is 10.2 Å². The number of nitrogens with zero attached hydrogens (tertiary/aromatic N) is 2. The Balaban J connectivity index is 2.65. The van der Waals surface area contributed by atoms with Crippen molar-refractivity contribution in [3.05, 3.63) is 24.0 Å². The Labute approximate surface area is 79.8 Å². The monoisotopic (exact) mass is 179 g/mol. The summed E-state index contributed by atoms with van der Waals surface area (Å²) >= 11 is 0. The molecular weight excluding hydrogens is 162 g/mol. The van der Waals surface area contributed by atoms with Gasteiger partial charge in [0.25, 0.3) is 0 Å². The summed E-state index contributed by atoms with van der Waals surface area (Å²) in [5.74, 6) is 0. The molecule has 0 aliphatic heterocycles. The van der Waals surface area contributed by atoms with Crippen LogP contribution in [0.25, 0.3) is 0 Å². The van der Waals surface area contributed by atoms with Gasteiger partial charge in [-0.15, -0.1) is 0 Å². The van der Waals surface area contributed by atoms with Gasteiger partial charge in [0.15, 0.2) is 0 Å². The maximum Gasteiger partial charge on any atom is 0.0580 e. The number of rotatable bonds is 4. The topological polar surface area (TPSA) is 28.2 Å². The predicted molar refractivity (Wildman–Crippen MR) is 56.2 cm³/mol. The molecule has 0 bridgehead atoms. The highest BCUT2D eigenvalue weighted by atomic mass is 15.1. The van der Waals surface area contributed by atoms with Gasteiger partial charge in [0, 0.05) is 26.3 Å². The van der Waals surface area contributed by atoms with E-state index >= 15 is 0 Å². The van der Waals surface area contributed by atoms with Gasteiger partial charge in [-0.1, -0.05) is 0 Å². The zero-order valence-corrected chi connectivity index (χ0v) is 8.54. The molecule has 1 N–H and O–H groups in total. The van der Waals surface area contributed by atoms with Crippen LogP contribution in [0.15, 0.2) is 18.5 Å². The minimum Gasteiger partial charge on any atom is -0.372 e. The summed E-state index contributed by atoms with van der Waals surface area (Å²) in [6, 6.07) is 2.03. The Morgan fingerprint density at radius 1 is 1.54 bits per heavy atom. The Hall–Kier alpha value is -1.09. The number of hydrogen-bond acceptors (Lipinski definition) is 3. The third-order valence-electron chi connectivity index (χ3n) is 2.12. The number of aryl methyl sites for hydroxylation is 1. The number of anilines is 1. The van der Waals surface area contributed by atoms with Gasteiger partial charge in [-0.2, -0.15) is 0 Å². The number of nitrogens with one attached hydrogen (secondary N) is 1. The first-order chi connectivity index (χ1) is 6.25. The van der Waals surface area contributed by atoms with E-state index in [1.165, 1.54) is 11.3 Å². The SMILES string of the molecule is CNCCN(C)c1cnccc1C. The van der Waals surface area contributed by atoms with Gasteiger partial charge in [0.1, 0.15) is 0 Å². The molecule has 0 spiro atoms. The lowest BCUT2D eigenvalue weighted by atomic mass is 10.2. The molecule has 1 aromatic heterocycles. The summed E-state index contributed by atoms with van der Waals surface area (Å²) in [5, 5.41) is 3.13. The lowest BCUT2D eigenvalue weighted by Gasteiger charge is -2.20. The van der Waals surface area contributed by atoms with Crippen LogP contribution < -0.4 is 10.2 Å². The summed E-state index contributed by atoms with van der Waals surface area (Å²) in [5.41, 5.74) is 2.48. The van der Waals surface area contributed by atoms with Gasteiger partial charge in [-0.25, -0.2) is 0 Å². The molecule has 1 heterocycles. The first-order valence-electron chi connectivity index (χ1n) is 4.52. The van der Waals surface area contributed by atoms with E-state index in [0.717, 1.165) is 13.1 Å². The molecule has 0 amide bonds. The van der Waals surface area contributed by atoms with E-state index in [4.69, 9.17) is 0 Å². The van der Waals surface area contributed by atoms with Gasteiger partial charge >= 0.3 is 0 Å². The Morgan fingerprint density at radius 2 is 2.31 bits per heavy atom. The largest absolute Gasteiger partial charge is 0.372 e. The van der Waals surface area contributed by atoms with Gasteiger partial charge in [-0.3, -0.25) is 4.98 Å². The number of pyridine rings is 1. The van der Waals surface area contributed by atoms with Crippen LogP contribution in [0.2, 0.25) is 0 Å². The summed E-state index contributed by atoms with van der Waals surface area (Å²) in [4.78, 5) is 6.32. The van der Waals surface area contributed by atoms with Gasteiger partial charge in [-0.05, 0) is 25.6 Å². The van der Waals surface area contributed by atoms with E-state index in [9.17, 15) is 0 Å². The van der Waals surface area contributed by atoms with Crippen LogP contribution in [0.5, 0.6) is 0 Å². The molecule has 0 aromatic carbocycles. The number of aromatic nitrogens is 1. The second kappa shape index (κ2) is 4.82. The molecule has 0 fully saturated rings.